The molecule has 1 N–H and O–H groups in total. The van der Waals surface area contributed by atoms with Gasteiger partial charge in [0.1, 0.15) is 6.04 Å². The molecule has 1 atom stereocenters. The molecule has 0 aromatic heterocycles. The summed E-state index contributed by atoms with van der Waals surface area (Å²) in [6.45, 7) is 7.44. The Hall–Kier alpha value is -1.26. The SMILES string of the molecule is CCNC(=O)[C@H]1CCCN1C(=O)OCC(C)C. The van der Waals surface area contributed by atoms with Gasteiger partial charge in [-0.25, -0.2) is 4.79 Å². The Balaban J connectivity index is 2.50. The normalized spacial score (nSPS) is 19.5. The van der Waals surface area contributed by atoms with Crippen molar-refractivity contribution < 1.29 is 14.3 Å². The zero-order valence-electron chi connectivity index (χ0n) is 10.9. The minimum absolute atomic E-state index is 0.0773. The third kappa shape index (κ3) is 3.91. The molecule has 2 amide bonds. The minimum Gasteiger partial charge on any atom is -0.449 e. The van der Waals surface area contributed by atoms with E-state index in [0.29, 0.717) is 25.6 Å². The molecule has 5 nitrogen and oxygen atoms in total. The number of nitrogens with zero attached hydrogens (tertiary/aromatic N) is 1. The van der Waals surface area contributed by atoms with Crippen LogP contribution in [0.2, 0.25) is 0 Å². The first-order valence-corrected chi connectivity index (χ1v) is 6.27. The Morgan fingerprint density at radius 1 is 1.47 bits per heavy atom. The molecule has 0 unspecified atom stereocenters. The van der Waals surface area contributed by atoms with Gasteiger partial charge in [0, 0.05) is 13.1 Å². The quantitative estimate of drug-likeness (QED) is 0.810. The predicted molar refractivity (Wildman–Crippen MR) is 64.6 cm³/mol. The Labute approximate surface area is 102 Å². The molecule has 0 spiro atoms. The average Bonchev–Trinajstić information content (AvgIpc) is 2.75. The highest BCUT2D eigenvalue weighted by Gasteiger charge is 2.34. The standard InChI is InChI=1S/C12H22N2O3/c1-4-13-11(15)10-6-5-7-14(10)12(16)17-8-9(2)3/h9-10H,4-8H2,1-3H3,(H,13,15)/t10-/m1/s1. The van der Waals surface area contributed by atoms with Gasteiger partial charge >= 0.3 is 6.09 Å². The Morgan fingerprint density at radius 2 is 2.18 bits per heavy atom. The Morgan fingerprint density at radius 3 is 2.76 bits per heavy atom. The first kappa shape index (κ1) is 13.8. The number of amides is 2. The lowest BCUT2D eigenvalue weighted by Gasteiger charge is -2.23. The van der Waals surface area contributed by atoms with E-state index < -0.39 is 0 Å². The lowest BCUT2D eigenvalue weighted by Crippen LogP contribution is -2.46. The molecular weight excluding hydrogens is 220 g/mol. The molecule has 1 aliphatic heterocycles. The Kier molecular flexibility index (Phi) is 5.25. The number of rotatable bonds is 4. The van der Waals surface area contributed by atoms with Gasteiger partial charge in [0.05, 0.1) is 6.61 Å². The highest BCUT2D eigenvalue weighted by molar-refractivity contribution is 5.86. The van der Waals surface area contributed by atoms with E-state index in [4.69, 9.17) is 4.74 Å². The predicted octanol–water partition coefficient (Wildman–Crippen LogP) is 1.38. The van der Waals surface area contributed by atoms with Crippen molar-refractivity contribution in [2.75, 3.05) is 19.7 Å². The van der Waals surface area contributed by atoms with E-state index >= 15 is 0 Å². The molecule has 1 rings (SSSR count). The first-order chi connectivity index (χ1) is 8.06. The number of hydrogen-bond acceptors (Lipinski definition) is 3. The van der Waals surface area contributed by atoms with Crippen LogP contribution >= 0.6 is 0 Å². The number of carbonyl (C=O) groups is 2. The maximum atomic E-state index is 11.8. The van der Waals surface area contributed by atoms with E-state index in [-0.39, 0.29) is 18.0 Å². The van der Waals surface area contributed by atoms with Crippen LogP contribution in [-0.4, -0.2) is 42.6 Å². The maximum absolute atomic E-state index is 11.8. The van der Waals surface area contributed by atoms with Crippen molar-refractivity contribution in [3.05, 3.63) is 0 Å². The lowest BCUT2D eigenvalue weighted by atomic mass is 10.2. The molecular formula is C12H22N2O3. The van der Waals surface area contributed by atoms with Crippen LogP contribution in [0.1, 0.15) is 33.6 Å². The largest absolute Gasteiger partial charge is 0.449 e. The van der Waals surface area contributed by atoms with Crippen molar-refractivity contribution in [3.63, 3.8) is 0 Å². The summed E-state index contributed by atoms with van der Waals surface area (Å²) in [4.78, 5) is 25.1. The lowest BCUT2D eigenvalue weighted by molar-refractivity contribution is -0.125. The molecule has 1 saturated heterocycles. The number of carbonyl (C=O) groups excluding carboxylic acids is 2. The fraction of sp³-hybridized carbons (Fsp3) is 0.833. The molecule has 0 aromatic carbocycles. The molecule has 17 heavy (non-hydrogen) atoms. The smallest absolute Gasteiger partial charge is 0.410 e. The van der Waals surface area contributed by atoms with E-state index in [1.165, 1.54) is 4.90 Å². The summed E-state index contributed by atoms with van der Waals surface area (Å²) in [6.07, 6.45) is 1.22. The van der Waals surface area contributed by atoms with E-state index in [9.17, 15) is 9.59 Å². The summed E-state index contributed by atoms with van der Waals surface area (Å²) >= 11 is 0. The van der Waals surface area contributed by atoms with Crippen LogP contribution in [0, 0.1) is 5.92 Å². The second-order valence-electron chi connectivity index (χ2n) is 4.72. The van der Waals surface area contributed by atoms with Crippen LogP contribution in [-0.2, 0) is 9.53 Å². The van der Waals surface area contributed by atoms with Gasteiger partial charge in [-0.15, -0.1) is 0 Å². The highest BCUT2D eigenvalue weighted by atomic mass is 16.6. The molecule has 0 bridgehead atoms. The molecule has 0 saturated carbocycles. The van der Waals surface area contributed by atoms with E-state index in [2.05, 4.69) is 5.32 Å². The molecule has 0 radical (unpaired) electrons. The summed E-state index contributed by atoms with van der Waals surface area (Å²) in [5, 5.41) is 2.75. The van der Waals surface area contributed by atoms with Crippen molar-refractivity contribution in [2.45, 2.75) is 39.7 Å². The zero-order valence-corrected chi connectivity index (χ0v) is 10.9. The summed E-state index contributed by atoms with van der Waals surface area (Å²) in [7, 11) is 0. The number of hydrogen-bond donors (Lipinski definition) is 1. The van der Waals surface area contributed by atoms with Crippen LogP contribution in [0.25, 0.3) is 0 Å². The monoisotopic (exact) mass is 242 g/mol. The van der Waals surface area contributed by atoms with Crippen LogP contribution in [0.5, 0.6) is 0 Å². The third-order valence-electron chi connectivity index (χ3n) is 2.68. The number of likely N-dealkylation sites (N-methyl/N-ethyl adjacent to an activating group) is 1. The van der Waals surface area contributed by atoms with Gasteiger partial charge in [-0.3, -0.25) is 9.69 Å². The molecule has 1 aliphatic rings. The third-order valence-corrected chi connectivity index (χ3v) is 2.68. The van der Waals surface area contributed by atoms with Gasteiger partial charge in [0.25, 0.3) is 0 Å². The van der Waals surface area contributed by atoms with E-state index in [0.717, 1.165) is 12.8 Å². The molecule has 0 aromatic rings. The molecule has 5 heteroatoms. The summed E-state index contributed by atoms with van der Waals surface area (Å²) in [5.74, 6) is 0.232. The van der Waals surface area contributed by atoms with Crippen molar-refractivity contribution in [3.8, 4) is 0 Å². The topological polar surface area (TPSA) is 58.6 Å². The number of likely N-dealkylation sites (tertiary alicyclic amines) is 1. The molecule has 0 aliphatic carbocycles. The van der Waals surface area contributed by atoms with Crippen molar-refractivity contribution >= 4 is 12.0 Å². The fourth-order valence-electron chi connectivity index (χ4n) is 1.87. The first-order valence-electron chi connectivity index (χ1n) is 6.27. The van der Waals surface area contributed by atoms with Crippen molar-refractivity contribution in [1.82, 2.24) is 10.2 Å². The van der Waals surface area contributed by atoms with Gasteiger partial charge in [-0.1, -0.05) is 13.8 Å². The van der Waals surface area contributed by atoms with Crippen LogP contribution in [0.4, 0.5) is 4.79 Å². The summed E-state index contributed by atoms with van der Waals surface area (Å²) in [6, 6.07) is -0.352. The van der Waals surface area contributed by atoms with E-state index in [1.54, 1.807) is 0 Å². The Bertz CT molecular complexity index is 279. The van der Waals surface area contributed by atoms with Gasteiger partial charge in [0.2, 0.25) is 5.91 Å². The molecule has 1 fully saturated rings. The van der Waals surface area contributed by atoms with Crippen LogP contribution in [0.15, 0.2) is 0 Å². The highest BCUT2D eigenvalue weighted by Crippen LogP contribution is 2.18. The number of nitrogens with one attached hydrogen (secondary N) is 1. The van der Waals surface area contributed by atoms with Crippen molar-refractivity contribution in [1.29, 1.82) is 0 Å². The minimum atomic E-state index is -0.368. The second kappa shape index (κ2) is 6.47. The summed E-state index contributed by atoms with van der Waals surface area (Å²) < 4.78 is 5.15. The van der Waals surface area contributed by atoms with Gasteiger partial charge in [0.15, 0.2) is 0 Å². The number of ether oxygens (including phenoxy) is 1. The average molecular weight is 242 g/mol. The zero-order chi connectivity index (χ0) is 12.8. The fourth-order valence-corrected chi connectivity index (χ4v) is 1.87. The van der Waals surface area contributed by atoms with Gasteiger partial charge in [-0.05, 0) is 25.7 Å². The second-order valence-corrected chi connectivity index (χ2v) is 4.72. The van der Waals surface area contributed by atoms with E-state index in [1.807, 2.05) is 20.8 Å². The maximum Gasteiger partial charge on any atom is 0.410 e. The van der Waals surface area contributed by atoms with Gasteiger partial charge in [-0.2, -0.15) is 0 Å². The van der Waals surface area contributed by atoms with Crippen molar-refractivity contribution in [2.24, 2.45) is 5.92 Å². The van der Waals surface area contributed by atoms with Crippen LogP contribution < -0.4 is 5.32 Å². The van der Waals surface area contributed by atoms with Gasteiger partial charge < -0.3 is 10.1 Å². The summed E-state index contributed by atoms with van der Waals surface area (Å²) in [5.41, 5.74) is 0. The van der Waals surface area contributed by atoms with Crippen LogP contribution in [0.3, 0.4) is 0 Å². The molecule has 98 valence electrons. The molecule has 1 heterocycles.